The molecular weight excluding hydrogens is 140 g/mol. The van der Waals surface area contributed by atoms with E-state index >= 15 is 0 Å². The molecule has 0 bridgehead atoms. The highest BCUT2D eigenvalue weighted by Crippen LogP contribution is 2.28. The van der Waals surface area contributed by atoms with Gasteiger partial charge >= 0.3 is 0 Å². The Morgan fingerprint density at radius 2 is 2.18 bits per heavy atom. The molecule has 0 heterocycles. The molecule has 0 aromatic rings. The van der Waals surface area contributed by atoms with E-state index in [9.17, 15) is 5.11 Å². The molecular formula is C9H18O2. The zero-order valence-electron chi connectivity index (χ0n) is 7.42. The molecule has 0 saturated heterocycles. The van der Waals surface area contributed by atoms with Crippen LogP contribution in [-0.4, -0.2) is 24.9 Å². The van der Waals surface area contributed by atoms with Gasteiger partial charge in [0.25, 0.3) is 0 Å². The predicted molar refractivity (Wildman–Crippen MR) is 44.4 cm³/mol. The second-order valence-electron chi connectivity index (χ2n) is 3.68. The smallest absolute Gasteiger partial charge is 0.0569 e. The Kier molecular flexibility index (Phi) is 3.34. The van der Waals surface area contributed by atoms with Crippen LogP contribution < -0.4 is 0 Å². The molecule has 1 unspecified atom stereocenters. The largest absolute Gasteiger partial charge is 0.393 e. The van der Waals surface area contributed by atoms with Crippen molar-refractivity contribution in [2.24, 2.45) is 11.8 Å². The Morgan fingerprint density at radius 1 is 1.45 bits per heavy atom. The summed E-state index contributed by atoms with van der Waals surface area (Å²) in [5.74, 6) is 1.08. The molecule has 2 heteroatoms. The van der Waals surface area contributed by atoms with Crippen LogP contribution in [0.4, 0.5) is 0 Å². The molecule has 1 saturated carbocycles. The number of hydrogen-bond donors (Lipinski definition) is 1. The Morgan fingerprint density at radius 3 is 2.73 bits per heavy atom. The average Bonchev–Trinajstić information content (AvgIpc) is 1.98. The van der Waals surface area contributed by atoms with Gasteiger partial charge in [0.1, 0.15) is 0 Å². The first kappa shape index (κ1) is 9.01. The van der Waals surface area contributed by atoms with E-state index in [2.05, 4.69) is 6.92 Å². The van der Waals surface area contributed by atoms with Crippen molar-refractivity contribution >= 4 is 0 Å². The molecule has 0 spiro atoms. The van der Waals surface area contributed by atoms with Crippen LogP contribution in [0.25, 0.3) is 0 Å². The maximum absolute atomic E-state index is 9.52. The summed E-state index contributed by atoms with van der Waals surface area (Å²) in [7, 11) is 1.73. The van der Waals surface area contributed by atoms with Crippen LogP contribution in [0.3, 0.4) is 0 Å². The highest BCUT2D eigenvalue weighted by atomic mass is 16.5. The summed E-state index contributed by atoms with van der Waals surface area (Å²) < 4.78 is 5.05. The van der Waals surface area contributed by atoms with Crippen molar-refractivity contribution in [2.45, 2.75) is 32.3 Å². The molecule has 1 fully saturated rings. The van der Waals surface area contributed by atoms with Gasteiger partial charge in [-0.1, -0.05) is 6.92 Å². The lowest BCUT2D eigenvalue weighted by Gasteiger charge is -2.30. The van der Waals surface area contributed by atoms with Crippen molar-refractivity contribution in [3.63, 3.8) is 0 Å². The molecule has 11 heavy (non-hydrogen) atoms. The first-order chi connectivity index (χ1) is 5.24. The normalized spacial score (nSPS) is 39.0. The van der Waals surface area contributed by atoms with Crippen molar-refractivity contribution < 1.29 is 9.84 Å². The summed E-state index contributed by atoms with van der Waals surface area (Å²) in [4.78, 5) is 0. The van der Waals surface area contributed by atoms with Gasteiger partial charge in [0.2, 0.25) is 0 Å². The fourth-order valence-electron chi connectivity index (χ4n) is 1.77. The second kappa shape index (κ2) is 4.07. The molecule has 0 aliphatic heterocycles. The van der Waals surface area contributed by atoms with Crippen LogP contribution in [0, 0.1) is 11.8 Å². The third-order valence-corrected chi connectivity index (χ3v) is 2.66. The maximum atomic E-state index is 9.52. The standard InChI is InChI=1S/C9H18O2/c1-7-3-4-8(6-11-2)5-9(7)10/h7-10H,3-6H2,1-2H3/t7-,8?,9+/m0/s1. The van der Waals surface area contributed by atoms with E-state index in [1.165, 1.54) is 6.42 Å². The first-order valence-electron chi connectivity index (χ1n) is 4.41. The number of methoxy groups -OCH3 is 1. The topological polar surface area (TPSA) is 29.5 Å². The third kappa shape index (κ3) is 2.46. The van der Waals surface area contributed by atoms with Crippen LogP contribution in [0.15, 0.2) is 0 Å². The third-order valence-electron chi connectivity index (χ3n) is 2.66. The van der Waals surface area contributed by atoms with Gasteiger partial charge in [-0.2, -0.15) is 0 Å². The average molecular weight is 158 g/mol. The molecule has 66 valence electrons. The quantitative estimate of drug-likeness (QED) is 0.658. The van der Waals surface area contributed by atoms with E-state index in [0.29, 0.717) is 11.8 Å². The first-order valence-corrected chi connectivity index (χ1v) is 4.41. The summed E-state index contributed by atoms with van der Waals surface area (Å²) >= 11 is 0. The van der Waals surface area contributed by atoms with Crippen molar-refractivity contribution in [3.05, 3.63) is 0 Å². The zero-order chi connectivity index (χ0) is 8.27. The number of aliphatic hydroxyl groups excluding tert-OH is 1. The monoisotopic (exact) mass is 158 g/mol. The Balaban J connectivity index is 2.28. The lowest BCUT2D eigenvalue weighted by atomic mass is 9.81. The molecule has 0 aromatic heterocycles. The summed E-state index contributed by atoms with van der Waals surface area (Å²) in [6, 6.07) is 0. The summed E-state index contributed by atoms with van der Waals surface area (Å²) in [6.07, 6.45) is 3.19. The van der Waals surface area contributed by atoms with E-state index in [-0.39, 0.29) is 6.10 Å². The fraction of sp³-hybridized carbons (Fsp3) is 1.00. The van der Waals surface area contributed by atoms with E-state index in [1.807, 2.05) is 0 Å². The molecule has 3 atom stereocenters. The van der Waals surface area contributed by atoms with Crippen LogP contribution in [0.2, 0.25) is 0 Å². The maximum Gasteiger partial charge on any atom is 0.0569 e. The van der Waals surface area contributed by atoms with Crippen LogP contribution in [0.1, 0.15) is 26.2 Å². The van der Waals surface area contributed by atoms with Gasteiger partial charge in [-0.15, -0.1) is 0 Å². The van der Waals surface area contributed by atoms with Crippen LogP contribution >= 0.6 is 0 Å². The van der Waals surface area contributed by atoms with E-state index in [0.717, 1.165) is 19.4 Å². The van der Waals surface area contributed by atoms with E-state index < -0.39 is 0 Å². The van der Waals surface area contributed by atoms with Crippen LogP contribution in [0.5, 0.6) is 0 Å². The highest BCUT2D eigenvalue weighted by molar-refractivity contribution is 4.76. The van der Waals surface area contributed by atoms with E-state index in [4.69, 9.17) is 4.74 Å². The molecule has 1 rings (SSSR count). The number of hydrogen-bond acceptors (Lipinski definition) is 2. The number of rotatable bonds is 2. The summed E-state index contributed by atoms with van der Waals surface area (Å²) in [5.41, 5.74) is 0. The lowest BCUT2D eigenvalue weighted by Crippen LogP contribution is -2.29. The van der Waals surface area contributed by atoms with Gasteiger partial charge in [0, 0.05) is 13.7 Å². The molecule has 0 radical (unpaired) electrons. The SMILES string of the molecule is COCC1CC[C@H](C)[C@H](O)C1. The minimum Gasteiger partial charge on any atom is -0.393 e. The minimum atomic E-state index is -0.0936. The lowest BCUT2D eigenvalue weighted by molar-refractivity contribution is 0.0263. The zero-order valence-corrected chi connectivity index (χ0v) is 7.42. The molecule has 0 aromatic carbocycles. The summed E-state index contributed by atoms with van der Waals surface area (Å²) in [5, 5.41) is 9.52. The Bertz CT molecular complexity index is 114. The Labute approximate surface area is 68.6 Å². The van der Waals surface area contributed by atoms with Gasteiger partial charge in [-0.05, 0) is 31.1 Å². The molecule has 1 N–H and O–H groups in total. The Hall–Kier alpha value is -0.0800. The van der Waals surface area contributed by atoms with Crippen LogP contribution in [-0.2, 0) is 4.74 Å². The van der Waals surface area contributed by atoms with Crippen molar-refractivity contribution in [1.29, 1.82) is 0 Å². The second-order valence-corrected chi connectivity index (χ2v) is 3.68. The molecule has 2 nitrogen and oxygen atoms in total. The van der Waals surface area contributed by atoms with E-state index in [1.54, 1.807) is 7.11 Å². The minimum absolute atomic E-state index is 0.0936. The van der Waals surface area contributed by atoms with Gasteiger partial charge in [-0.3, -0.25) is 0 Å². The number of aliphatic hydroxyl groups is 1. The molecule has 0 amide bonds. The van der Waals surface area contributed by atoms with Crippen molar-refractivity contribution in [3.8, 4) is 0 Å². The fourth-order valence-corrected chi connectivity index (χ4v) is 1.77. The molecule has 1 aliphatic rings. The van der Waals surface area contributed by atoms with Gasteiger partial charge in [0.05, 0.1) is 6.10 Å². The van der Waals surface area contributed by atoms with Gasteiger partial charge in [-0.25, -0.2) is 0 Å². The molecule has 1 aliphatic carbocycles. The number of ether oxygens (including phenoxy) is 1. The van der Waals surface area contributed by atoms with Gasteiger partial charge < -0.3 is 9.84 Å². The van der Waals surface area contributed by atoms with Crippen molar-refractivity contribution in [1.82, 2.24) is 0 Å². The van der Waals surface area contributed by atoms with Gasteiger partial charge in [0.15, 0.2) is 0 Å². The summed E-state index contributed by atoms with van der Waals surface area (Å²) in [6.45, 7) is 2.93. The van der Waals surface area contributed by atoms with Crippen molar-refractivity contribution in [2.75, 3.05) is 13.7 Å². The predicted octanol–water partition coefficient (Wildman–Crippen LogP) is 1.43. The highest BCUT2D eigenvalue weighted by Gasteiger charge is 2.25.